The van der Waals surface area contributed by atoms with Crippen LogP contribution in [0.2, 0.25) is 0 Å². The number of hydrogen-bond acceptors (Lipinski definition) is 6. The summed E-state index contributed by atoms with van der Waals surface area (Å²) in [7, 11) is 3.28. The number of carbonyl (C=O) groups is 1. The van der Waals surface area contributed by atoms with E-state index < -0.39 is 0 Å². The maximum Gasteiger partial charge on any atom is 0.223 e. The van der Waals surface area contributed by atoms with E-state index in [-0.39, 0.29) is 5.91 Å². The Morgan fingerprint density at radius 3 is 2.68 bits per heavy atom. The standard InChI is InChI=1S/C21H22N2O3S2/c1-25-17-11-14-7-9-23(13-15(14)12-18(17)26-2)20(24)8-10-27-21-22-16-5-3-4-6-19(16)28-21/h3-6,11-12H,7-10,13H2,1-2H3. The first-order chi connectivity index (χ1) is 13.7. The summed E-state index contributed by atoms with van der Waals surface area (Å²) in [5.74, 6) is 2.39. The molecular formula is C21H22N2O3S2. The van der Waals surface area contributed by atoms with Crippen LogP contribution in [0.5, 0.6) is 11.5 Å². The molecule has 0 bridgehead atoms. The van der Waals surface area contributed by atoms with Gasteiger partial charge in [0, 0.05) is 25.3 Å². The van der Waals surface area contributed by atoms with Crippen molar-refractivity contribution in [3.63, 3.8) is 0 Å². The van der Waals surface area contributed by atoms with Crippen molar-refractivity contribution >= 4 is 39.2 Å². The van der Waals surface area contributed by atoms with Gasteiger partial charge in [-0.15, -0.1) is 11.3 Å². The van der Waals surface area contributed by atoms with Gasteiger partial charge in [0.05, 0.1) is 24.4 Å². The Kier molecular flexibility index (Phi) is 5.73. The molecule has 0 fully saturated rings. The van der Waals surface area contributed by atoms with Crippen molar-refractivity contribution in [3.8, 4) is 11.5 Å². The van der Waals surface area contributed by atoms with Crippen molar-refractivity contribution in [2.75, 3.05) is 26.5 Å². The maximum atomic E-state index is 12.7. The van der Waals surface area contributed by atoms with E-state index in [1.807, 2.05) is 35.2 Å². The molecule has 0 atom stereocenters. The zero-order valence-electron chi connectivity index (χ0n) is 15.9. The van der Waals surface area contributed by atoms with Gasteiger partial charge in [0.15, 0.2) is 15.8 Å². The Balaban J connectivity index is 1.35. The van der Waals surface area contributed by atoms with E-state index in [2.05, 4.69) is 11.1 Å². The van der Waals surface area contributed by atoms with Crippen molar-refractivity contribution in [1.82, 2.24) is 9.88 Å². The summed E-state index contributed by atoms with van der Waals surface area (Å²) in [6.45, 7) is 1.37. The SMILES string of the molecule is COc1cc2c(cc1OC)CN(C(=O)CCSc1nc3ccccc3s1)CC2. The number of amides is 1. The van der Waals surface area contributed by atoms with Gasteiger partial charge in [0.25, 0.3) is 0 Å². The number of nitrogens with zero attached hydrogens (tertiary/aromatic N) is 2. The lowest BCUT2D eigenvalue weighted by molar-refractivity contribution is -0.131. The highest BCUT2D eigenvalue weighted by Crippen LogP contribution is 2.34. The molecule has 0 N–H and O–H groups in total. The van der Waals surface area contributed by atoms with E-state index in [9.17, 15) is 4.79 Å². The van der Waals surface area contributed by atoms with E-state index in [1.165, 1.54) is 10.3 Å². The average molecular weight is 415 g/mol. The van der Waals surface area contributed by atoms with Crippen molar-refractivity contribution < 1.29 is 14.3 Å². The zero-order valence-corrected chi connectivity index (χ0v) is 17.6. The number of rotatable bonds is 6. The van der Waals surface area contributed by atoms with E-state index in [0.29, 0.717) is 18.7 Å². The van der Waals surface area contributed by atoms with Crippen LogP contribution < -0.4 is 9.47 Å². The average Bonchev–Trinajstić information content (AvgIpc) is 3.14. The molecule has 3 aromatic rings. The second kappa shape index (κ2) is 8.41. The monoisotopic (exact) mass is 414 g/mol. The maximum absolute atomic E-state index is 12.7. The van der Waals surface area contributed by atoms with E-state index in [4.69, 9.17) is 9.47 Å². The van der Waals surface area contributed by atoms with Crippen molar-refractivity contribution in [2.45, 2.75) is 23.7 Å². The fourth-order valence-electron chi connectivity index (χ4n) is 3.39. The van der Waals surface area contributed by atoms with Crippen LogP contribution in [0.4, 0.5) is 0 Å². The molecule has 4 rings (SSSR count). The Labute approximate surface area is 172 Å². The summed E-state index contributed by atoms with van der Waals surface area (Å²) in [5, 5.41) is 0. The van der Waals surface area contributed by atoms with Crippen molar-refractivity contribution in [1.29, 1.82) is 0 Å². The highest BCUT2D eigenvalue weighted by Gasteiger charge is 2.22. The van der Waals surface area contributed by atoms with Gasteiger partial charge in [-0.3, -0.25) is 4.79 Å². The van der Waals surface area contributed by atoms with Gasteiger partial charge in [-0.1, -0.05) is 23.9 Å². The minimum atomic E-state index is 0.189. The third-order valence-corrected chi connectivity index (χ3v) is 7.07. The number of hydrogen-bond donors (Lipinski definition) is 0. The predicted octanol–water partition coefficient (Wildman–Crippen LogP) is 4.38. The van der Waals surface area contributed by atoms with Gasteiger partial charge in [-0.25, -0.2) is 4.98 Å². The minimum absolute atomic E-state index is 0.189. The number of fused-ring (bicyclic) bond motifs is 2. The Morgan fingerprint density at radius 1 is 1.18 bits per heavy atom. The molecule has 0 aliphatic carbocycles. The summed E-state index contributed by atoms with van der Waals surface area (Å²) < 4.78 is 13.0. The molecule has 0 unspecified atom stereocenters. The highest BCUT2D eigenvalue weighted by atomic mass is 32.2. The third-order valence-electron chi connectivity index (χ3n) is 4.89. The molecule has 0 spiro atoms. The number of thioether (sulfide) groups is 1. The van der Waals surface area contributed by atoms with Crippen molar-refractivity contribution in [3.05, 3.63) is 47.5 Å². The fraction of sp³-hybridized carbons (Fsp3) is 0.333. The van der Waals surface area contributed by atoms with Gasteiger partial charge in [0.2, 0.25) is 5.91 Å². The van der Waals surface area contributed by atoms with E-state index >= 15 is 0 Å². The zero-order chi connectivity index (χ0) is 19.5. The third kappa shape index (κ3) is 3.95. The largest absolute Gasteiger partial charge is 0.493 e. The van der Waals surface area contributed by atoms with Gasteiger partial charge in [0.1, 0.15) is 0 Å². The first kappa shape index (κ1) is 19.1. The second-order valence-electron chi connectivity index (χ2n) is 6.59. The Morgan fingerprint density at radius 2 is 1.93 bits per heavy atom. The molecule has 1 aliphatic heterocycles. The van der Waals surface area contributed by atoms with E-state index in [1.54, 1.807) is 37.3 Å². The topological polar surface area (TPSA) is 51.7 Å². The number of thiazole rings is 1. The molecule has 7 heteroatoms. The number of carbonyl (C=O) groups excluding carboxylic acids is 1. The number of benzene rings is 2. The lowest BCUT2D eigenvalue weighted by Crippen LogP contribution is -2.36. The fourth-order valence-corrected chi connectivity index (χ4v) is 5.46. The lowest BCUT2D eigenvalue weighted by atomic mass is 9.98. The van der Waals surface area contributed by atoms with Crippen LogP contribution in [0.3, 0.4) is 0 Å². The quantitative estimate of drug-likeness (QED) is 0.560. The molecule has 1 aliphatic rings. The van der Waals surface area contributed by atoms with Crippen LogP contribution in [0, 0.1) is 0 Å². The van der Waals surface area contributed by atoms with Gasteiger partial charge >= 0.3 is 0 Å². The normalized spacial score (nSPS) is 13.4. The number of para-hydroxylation sites is 1. The molecule has 146 valence electrons. The van der Waals surface area contributed by atoms with Crippen LogP contribution in [0.15, 0.2) is 40.7 Å². The van der Waals surface area contributed by atoms with Crippen LogP contribution in [-0.4, -0.2) is 42.3 Å². The number of aromatic nitrogens is 1. The smallest absolute Gasteiger partial charge is 0.223 e. The van der Waals surface area contributed by atoms with Crippen LogP contribution in [0.1, 0.15) is 17.5 Å². The molecule has 1 aromatic heterocycles. The second-order valence-corrected chi connectivity index (χ2v) is 8.96. The summed E-state index contributed by atoms with van der Waals surface area (Å²) in [4.78, 5) is 19.2. The van der Waals surface area contributed by atoms with Crippen LogP contribution in [-0.2, 0) is 17.8 Å². The van der Waals surface area contributed by atoms with Gasteiger partial charge < -0.3 is 14.4 Å². The number of ether oxygens (including phenoxy) is 2. The predicted molar refractivity (Wildman–Crippen MR) is 114 cm³/mol. The van der Waals surface area contributed by atoms with Crippen LogP contribution >= 0.6 is 23.1 Å². The summed E-state index contributed by atoms with van der Waals surface area (Å²) >= 11 is 3.34. The molecule has 0 saturated carbocycles. The molecule has 1 amide bonds. The Bertz CT molecular complexity index is 969. The molecule has 28 heavy (non-hydrogen) atoms. The molecular weight excluding hydrogens is 392 g/mol. The first-order valence-corrected chi connectivity index (χ1v) is 11.0. The summed E-state index contributed by atoms with van der Waals surface area (Å²) in [6, 6.07) is 12.1. The minimum Gasteiger partial charge on any atom is -0.493 e. The molecule has 2 heterocycles. The Hall–Kier alpha value is -2.25. The van der Waals surface area contributed by atoms with E-state index in [0.717, 1.165) is 39.9 Å². The lowest BCUT2D eigenvalue weighted by Gasteiger charge is -2.29. The molecule has 0 saturated heterocycles. The highest BCUT2D eigenvalue weighted by molar-refractivity contribution is 8.01. The van der Waals surface area contributed by atoms with Crippen molar-refractivity contribution in [2.24, 2.45) is 0 Å². The molecule has 0 radical (unpaired) electrons. The first-order valence-electron chi connectivity index (χ1n) is 9.18. The summed E-state index contributed by atoms with van der Waals surface area (Å²) in [6.07, 6.45) is 1.36. The van der Waals surface area contributed by atoms with Crippen LogP contribution in [0.25, 0.3) is 10.2 Å². The molecule has 5 nitrogen and oxygen atoms in total. The van der Waals surface area contributed by atoms with Gasteiger partial charge in [-0.2, -0.15) is 0 Å². The summed E-state index contributed by atoms with van der Waals surface area (Å²) in [5.41, 5.74) is 3.39. The molecule has 2 aromatic carbocycles. The number of methoxy groups -OCH3 is 2. The van der Waals surface area contributed by atoms with Gasteiger partial charge in [-0.05, 0) is 41.8 Å².